The van der Waals surface area contributed by atoms with Crippen molar-refractivity contribution in [2.45, 2.75) is 12.0 Å². The van der Waals surface area contributed by atoms with Crippen molar-refractivity contribution >= 4 is 17.5 Å². The molecule has 3 aromatic carbocycles. The van der Waals surface area contributed by atoms with Crippen molar-refractivity contribution in [2.24, 2.45) is 0 Å². The minimum absolute atomic E-state index is 0.280. The normalized spacial score (nSPS) is 15.9. The number of benzene rings is 3. The van der Waals surface area contributed by atoms with E-state index in [2.05, 4.69) is 5.32 Å². The molecule has 1 aliphatic heterocycles. The van der Waals surface area contributed by atoms with Crippen LogP contribution in [0.5, 0.6) is 40.2 Å². The average molecular weight is 567 g/mol. The molecule has 4 rings (SSSR count). The number of nitrogens with zero attached hydrogens (tertiary/aromatic N) is 1. The molecule has 0 unspecified atom stereocenters. The van der Waals surface area contributed by atoms with Gasteiger partial charge in [-0.05, 0) is 35.4 Å². The fraction of sp³-hybridized carbons (Fsp3) is 0.333. The summed E-state index contributed by atoms with van der Waals surface area (Å²) in [5.41, 5.74) is 1.89. The Bertz CT molecular complexity index is 1430. The summed E-state index contributed by atoms with van der Waals surface area (Å²) in [5.74, 6) is 1.36. The fourth-order valence-electron chi connectivity index (χ4n) is 5.16. The molecule has 1 heterocycles. The first-order valence-corrected chi connectivity index (χ1v) is 12.6. The molecule has 2 atom stereocenters. The van der Waals surface area contributed by atoms with E-state index in [0.29, 0.717) is 62.6 Å². The topological polar surface area (TPSA) is 114 Å². The lowest BCUT2D eigenvalue weighted by Gasteiger charge is -2.40. The Morgan fingerprint density at radius 1 is 0.683 bits per heavy atom. The smallest absolute Gasteiger partial charge is 0.254 e. The van der Waals surface area contributed by atoms with Crippen molar-refractivity contribution in [3.05, 3.63) is 59.2 Å². The Kier molecular flexibility index (Phi) is 8.65. The highest BCUT2D eigenvalue weighted by Gasteiger charge is 2.44. The number of hydrogen-bond acceptors (Lipinski definition) is 9. The third kappa shape index (κ3) is 5.22. The maximum Gasteiger partial charge on any atom is 0.254 e. The predicted octanol–water partition coefficient (Wildman–Crippen LogP) is 4.30. The molecule has 1 aliphatic rings. The number of likely N-dealkylation sites (N-methyl/N-ethyl adjacent to an activating group) is 1. The Labute approximate surface area is 238 Å². The van der Waals surface area contributed by atoms with Gasteiger partial charge in [0, 0.05) is 30.4 Å². The summed E-state index contributed by atoms with van der Waals surface area (Å²) in [7, 11) is 12.2. The number of ether oxygens (including phenoxy) is 7. The van der Waals surface area contributed by atoms with Gasteiger partial charge in [0.05, 0.1) is 61.7 Å². The summed E-state index contributed by atoms with van der Waals surface area (Å²) in [5, 5.41) is 2.99. The lowest BCUT2D eigenvalue weighted by molar-refractivity contribution is -0.119. The van der Waals surface area contributed by atoms with Gasteiger partial charge in [0.25, 0.3) is 5.91 Å². The molecule has 0 bridgehead atoms. The van der Waals surface area contributed by atoms with Crippen molar-refractivity contribution in [1.82, 2.24) is 4.90 Å². The number of carbonyl (C=O) groups excluding carboxylic acids is 2. The quantitative estimate of drug-likeness (QED) is 0.384. The number of methoxy groups -OCH3 is 7. The van der Waals surface area contributed by atoms with E-state index in [1.54, 1.807) is 49.5 Å². The highest BCUT2D eigenvalue weighted by atomic mass is 16.5. The molecular formula is C30H34N2O9. The Morgan fingerprint density at radius 2 is 1.22 bits per heavy atom. The highest BCUT2D eigenvalue weighted by molar-refractivity contribution is 6.05. The number of rotatable bonds is 10. The van der Waals surface area contributed by atoms with Gasteiger partial charge >= 0.3 is 0 Å². The van der Waals surface area contributed by atoms with E-state index in [4.69, 9.17) is 33.2 Å². The van der Waals surface area contributed by atoms with Gasteiger partial charge in [0.2, 0.25) is 11.7 Å². The fourth-order valence-corrected chi connectivity index (χ4v) is 5.16. The second-order valence-corrected chi connectivity index (χ2v) is 9.15. The van der Waals surface area contributed by atoms with Crippen molar-refractivity contribution in [3.8, 4) is 40.2 Å². The molecule has 0 aliphatic carbocycles. The summed E-state index contributed by atoms with van der Waals surface area (Å²) in [6.07, 6.45) is 0. The number of hydrogen-bond donors (Lipinski definition) is 1. The van der Waals surface area contributed by atoms with Gasteiger partial charge < -0.3 is 43.4 Å². The molecule has 11 heteroatoms. The van der Waals surface area contributed by atoms with Gasteiger partial charge in [0.1, 0.15) is 0 Å². The standard InChI is InChI=1S/C30H34N2O9/c1-32-27(16-9-10-20(35-2)21(11-16)36-3)26(18-14-22(37-4)23(38-5)15-19(18)30(32)34)29(33)31-17-12-24(39-6)28(41-8)25(13-17)40-7/h9-15,26-27H,1-8H3,(H,31,33)/t26-,27-/m0/s1. The van der Waals surface area contributed by atoms with Gasteiger partial charge in [-0.25, -0.2) is 0 Å². The van der Waals surface area contributed by atoms with E-state index in [1.165, 1.54) is 54.7 Å². The monoisotopic (exact) mass is 566 g/mol. The van der Waals surface area contributed by atoms with E-state index in [9.17, 15) is 9.59 Å². The van der Waals surface area contributed by atoms with Crippen LogP contribution >= 0.6 is 0 Å². The van der Waals surface area contributed by atoms with Gasteiger partial charge in [-0.15, -0.1) is 0 Å². The molecule has 0 saturated carbocycles. The van der Waals surface area contributed by atoms with Crippen LogP contribution < -0.4 is 38.5 Å². The third-order valence-corrected chi connectivity index (χ3v) is 7.14. The number of amides is 2. The Morgan fingerprint density at radius 3 is 1.76 bits per heavy atom. The lowest BCUT2D eigenvalue weighted by Crippen LogP contribution is -2.44. The van der Waals surface area contributed by atoms with Gasteiger partial charge in [0.15, 0.2) is 34.5 Å². The zero-order valence-electron chi connectivity index (χ0n) is 24.3. The number of anilines is 1. The molecule has 3 aromatic rings. The number of nitrogens with one attached hydrogen (secondary N) is 1. The largest absolute Gasteiger partial charge is 0.493 e. The summed E-state index contributed by atoms with van der Waals surface area (Å²) in [6.45, 7) is 0. The molecule has 0 radical (unpaired) electrons. The summed E-state index contributed by atoms with van der Waals surface area (Å²) in [4.78, 5) is 29.5. The van der Waals surface area contributed by atoms with Crippen molar-refractivity contribution in [1.29, 1.82) is 0 Å². The van der Waals surface area contributed by atoms with Crippen LogP contribution in [-0.4, -0.2) is 73.5 Å². The van der Waals surface area contributed by atoms with Gasteiger partial charge in [-0.2, -0.15) is 0 Å². The van der Waals surface area contributed by atoms with E-state index >= 15 is 0 Å². The lowest BCUT2D eigenvalue weighted by atomic mass is 9.79. The first-order valence-electron chi connectivity index (χ1n) is 12.6. The molecule has 11 nitrogen and oxygen atoms in total. The van der Waals surface area contributed by atoms with Crippen molar-refractivity contribution in [3.63, 3.8) is 0 Å². The predicted molar refractivity (Wildman–Crippen MR) is 151 cm³/mol. The van der Waals surface area contributed by atoms with Crippen LogP contribution in [-0.2, 0) is 4.79 Å². The highest BCUT2D eigenvalue weighted by Crippen LogP contribution is 2.48. The molecule has 218 valence electrons. The van der Waals surface area contributed by atoms with Crippen LogP contribution in [0.25, 0.3) is 0 Å². The summed E-state index contributed by atoms with van der Waals surface area (Å²) < 4.78 is 38.3. The van der Waals surface area contributed by atoms with Gasteiger partial charge in [-0.3, -0.25) is 9.59 Å². The van der Waals surface area contributed by atoms with E-state index in [0.717, 1.165) is 0 Å². The zero-order valence-corrected chi connectivity index (χ0v) is 24.3. The zero-order chi connectivity index (χ0) is 29.8. The molecule has 0 aromatic heterocycles. The SMILES string of the molecule is COc1ccc([C@H]2[C@@H](C(=O)Nc3cc(OC)c(OC)c(OC)c3)c3cc(OC)c(OC)cc3C(=O)N2C)cc1OC. The molecule has 0 fully saturated rings. The minimum atomic E-state index is -0.871. The van der Waals surface area contributed by atoms with Crippen molar-refractivity contribution in [2.75, 3.05) is 62.1 Å². The maximum atomic E-state index is 14.3. The van der Waals surface area contributed by atoms with Crippen molar-refractivity contribution < 1.29 is 42.7 Å². The minimum Gasteiger partial charge on any atom is -0.493 e. The van der Waals surface area contributed by atoms with E-state index in [-0.39, 0.29) is 11.8 Å². The maximum absolute atomic E-state index is 14.3. The van der Waals surface area contributed by atoms with Crippen LogP contribution in [0, 0.1) is 0 Å². The van der Waals surface area contributed by atoms with Crippen LogP contribution in [0.2, 0.25) is 0 Å². The van der Waals surface area contributed by atoms with E-state index < -0.39 is 12.0 Å². The van der Waals surface area contributed by atoms with Gasteiger partial charge in [-0.1, -0.05) is 6.07 Å². The molecule has 1 N–H and O–H groups in total. The molecule has 2 amide bonds. The second-order valence-electron chi connectivity index (χ2n) is 9.15. The summed E-state index contributed by atoms with van der Waals surface area (Å²) in [6, 6.07) is 11.1. The second kappa shape index (κ2) is 12.2. The number of fused-ring (bicyclic) bond motifs is 1. The van der Waals surface area contributed by atoms with Crippen LogP contribution in [0.1, 0.15) is 33.4 Å². The molecule has 0 saturated heterocycles. The Balaban J connectivity index is 1.90. The number of carbonyl (C=O) groups is 2. The van der Waals surface area contributed by atoms with Crippen LogP contribution in [0.15, 0.2) is 42.5 Å². The third-order valence-electron chi connectivity index (χ3n) is 7.14. The first kappa shape index (κ1) is 29.2. The van der Waals surface area contributed by atoms with Crippen LogP contribution in [0.4, 0.5) is 5.69 Å². The van der Waals surface area contributed by atoms with Crippen LogP contribution in [0.3, 0.4) is 0 Å². The van der Waals surface area contributed by atoms with E-state index in [1.807, 2.05) is 0 Å². The molecule has 41 heavy (non-hydrogen) atoms. The average Bonchev–Trinajstić information content (AvgIpc) is 3.00. The first-order chi connectivity index (χ1) is 19.8. The summed E-state index contributed by atoms with van der Waals surface area (Å²) >= 11 is 0. The molecular weight excluding hydrogens is 532 g/mol. The molecule has 0 spiro atoms. The Hall–Kier alpha value is -4.80.